The van der Waals surface area contributed by atoms with Crippen LogP contribution in [0, 0.1) is 0 Å². The van der Waals surface area contributed by atoms with Gasteiger partial charge in [0.15, 0.2) is 0 Å². The molecule has 190 valence electrons. The molecule has 1 aromatic carbocycles. The third-order valence-electron chi connectivity index (χ3n) is 5.76. The fourth-order valence-electron chi connectivity index (χ4n) is 3.71. The maximum Gasteiger partial charge on any atom is 0.308 e. The number of unbranched alkanes of at least 4 members (excludes halogenated alkanes) is 10. The van der Waals surface area contributed by atoms with Crippen LogP contribution in [0.1, 0.15) is 96.5 Å². The lowest BCUT2D eigenvalue weighted by molar-refractivity contribution is -0.132. The molecule has 0 unspecified atom stereocenters. The first-order chi connectivity index (χ1) is 15.9. The van der Waals surface area contributed by atoms with E-state index in [2.05, 4.69) is 6.92 Å². The van der Waals surface area contributed by atoms with Crippen LogP contribution in [0.15, 0.2) is 24.3 Å². The van der Waals surface area contributed by atoms with Crippen molar-refractivity contribution in [2.45, 2.75) is 97.4 Å². The van der Waals surface area contributed by atoms with Crippen LogP contribution in [0.3, 0.4) is 0 Å². The minimum absolute atomic E-state index is 0.0887. The van der Waals surface area contributed by atoms with Gasteiger partial charge in [0.2, 0.25) is 5.91 Å². The van der Waals surface area contributed by atoms with Crippen molar-refractivity contribution in [3.05, 3.63) is 29.8 Å². The Morgan fingerprint density at radius 2 is 1.52 bits per heavy atom. The Hall–Kier alpha value is -1.60. The molecule has 0 aliphatic rings. The lowest BCUT2D eigenvalue weighted by Gasteiger charge is -2.23. The molecule has 6 nitrogen and oxygen atoms in total. The van der Waals surface area contributed by atoms with Crippen LogP contribution < -0.4 is 4.18 Å². The summed E-state index contributed by atoms with van der Waals surface area (Å²) in [6.07, 6.45) is 14.3. The third-order valence-corrected chi connectivity index (χ3v) is 6.91. The van der Waals surface area contributed by atoms with E-state index in [1.54, 1.807) is 37.1 Å². The van der Waals surface area contributed by atoms with E-state index in [9.17, 15) is 13.2 Å². The van der Waals surface area contributed by atoms with Crippen molar-refractivity contribution in [2.75, 3.05) is 26.0 Å². The van der Waals surface area contributed by atoms with Gasteiger partial charge < -0.3 is 13.8 Å². The molecule has 0 spiro atoms. The first-order valence-corrected chi connectivity index (χ1v) is 14.3. The van der Waals surface area contributed by atoms with Gasteiger partial charge in [-0.15, -0.1) is 0 Å². The molecule has 1 amide bonds. The fraction of sp³-hybridized carbons (Fsp3) is 0.731. The normalized spacial score (nSPS) is 11.5. The molecule has 0 heterocycles. The molecule has 0 saturated carbocycles. The molecule has 0 aliphatic heterocycles. The summed E-state index contributed by atoms with van der Waals surface area (Å²) in [5.41, 5.74) is 0.835. The van der Waals surface area contributed by atoms with Crippen LogP contribution >= 0.6 is 0 Å². The van der Waals surface area contributed by atoms with Crippen molar-refractivity contribution in [1.82, 2.24) is 4.90 Å². The lowest BCUT2D eigenvalue weighted by Crippen LogP contribution is -2.33. The van der Waals surface area contributed by atoms with Crippen molar-refractivity contribution < 1.29 is 22.1 Å². The third kappa shape index (κ3) is 14.3. The van der Waals surface area contributed by atoms with Crippen molar-refractivity contribution in [2.24, 2.45) is 0 Å². The lowest BCUT2D eigenvalue weighted by atomic mass is 10.0. The van der Waals surface area contributed by atoms with Crippen LogP contribution in [0.2, 0.25) is 0 Å². The number of nitrogens with zero attached hydrogens (tertiary/aromatic N) is 1. The predicted molar refractivity (Wildman–Crippen MR) is 135 cm³/mol. The van der Waals surface area contributed by atoms with Gasteiger partial charge in [-0.3, -0.25) is 4.79 Å². The zero-order chi connectivity index (χ0) is 24.4. The van der Waals surface area contributed by atoms with Gasteiger partial charge in [-0.25, -0.2) is 0 Å². The molecule has 0 saturated heterocycles. The minimum atomic E-state index is -3.58. The number of methoxy groups -OCH3 is 1. The highest BCUT2D eigenvalue weighted by Gasteiger charge is 2.15. The summed E-state index contributed by atoms with van der Waals surface area (Å²) in [6, 6.07) is 6.92. The Labute approximate surface area is 202 Å². The molecular weight excluding hydrogens is 438 g/mol. The molecule has 0 fully saturated rings. The van der Waals surface area contributed by atoms with Crippen LogP contribution in [0.4, 0.5) is 0 Å². The standard InChI is InChI=1S/C26H45NO5S/c1-4-6-7-8-9-10-11-12-13-14-15-19-26(28)27(20-21-31-3)23-24-17-16-18-25(22-24)32-33(29,30)5-2/h16-18,22H,4-15,19-21,23H2,1-3H3. The molecule has 0 atom stereocenters. The van der Waals surface area contributed by atoms with Crippen molar-refractivity contribution in [1.29, 1.82) is 0 Å². The molecule has 33 heavy (non-hydrogen) atoms. The SMILES string of the molecule is CCCCCCCCCCCCCC(=O)N(CCOC)Cc1cccc(OS(=O)(=O)CC)c1. The minimum Gasteiger partial charge on any atom is -0.383 e. The Kier molecular flexibility index (Phi) is 15.9. The molecule has 1 rings (SSSR count). The van der Waals surface area contributed by atoms with Crippen molar-refractivity contribution in [3.63, 3.8) is 0 Å². The largest absolute Gasteiger partial charge is 0.383 e. The molecule has 0 N–H and O–H groups in total. The maximum absolute atomic E-state index is 12.8. The van der Waals surface area contributed by atoms with E-state index in [-0.39, 0.29) is 17.4 Å². The second-order valence-corrected chi connectivity index (χ2v) is 10.5. The van der Waals surface area contributed by atoms with E-state index in [0.717, 1.165) is 18.4 Å². The monoisotopic (exact) mass is 483 g/mol. The van der Waals surface area contributed by atoms with Gasteiger partial charge in [0.05, 0.1) is 12.4 Å². The Morgan fingerprint density at radius 3 is 2.09 bits per heavy atom. The number of amides is 1. The first kappa shape index (κ1) is 29.4. The Bertz CT molecular complexity index is 751. The van der Waals surface area contributed by atoms with E-state index >= 15 is 0 Å². The van der Waals surface area contributed by atoms with E-state index in [4.69, 9.17) is 8.92 Å². The summed E-state index contributed by atoms with van der Waals surface area (Å²) in [7, 11) is -1.96. The number of ether oxygens (including phenoxy) is 1. The quantitative estimate of drug-likeness (QED) is 0.166. The maximum atomic E-state index is 12.8. The van der Waals surface area contributed by atoms with Crippen LogP contribution in [0.25, 0.3) is 0 Å². The van der Waals surface area contributed by atoms with E-state index < -0.39 is 10.1 Å². The topological polar surface area (TPSA) is 72.9 Å². The first-order valence-electron chi connectivity index (χ1n) is 12.7. The van der Waals surface area contributed by atoms with Crippen LogP contribution in [0.5, 0.6) is 5.75 Å². The molecule has 7 heteroatoms. The average Bonchev–Trinajstić information content (AvgIpc) is 2.80. The van der Waals surface area contributed by atoms with Gasteiger partial charge in [0, 0.05) is 26.6 Å². The summed E-state index contributed by atoms with van der Waals surface area (Å²) in [5, 5.41) is 0. The number of carbonyl (C=O) groups is 1. The van der Waals surface area contributed by atoms with Gasteiger partial charge in [-0.05, 0) is 31.0 Å². The zero-order valence-corrected chi connectivity index (χ0v) is 21.8. The molecule has 0 aliphatic carbocycles. The van der Waals surface area contributed by atoms with Crippen LogP contribution in [-0.2, 0) is 26.2 Å². The summed E-state index contributed by atoms with van der Waals surface area (Å²) < 4.78 is 33.7. The highest BCUT2D eigenvalue weighted by atomic mass is 32.2. The highest BCUT2D eigenvalue weighted by molar-refractivity contribution is 7.87. The van der Waals surface area contributed by atoms with Gasteiger partial charge in [-0.2, -0.15) is 8.42 Å². The summed E-state index contributed by atoms with van der Waals surface area (Å²) >= 11 is 0. The highest BCUT2D eigenvalue weighted by Crippen LogP contribution is 2.18. The number of benzene rings is 1. The van der Waals surface area contributed by atoms with Crippen molar-refractivity contribution in [3.8, 4) is 5.75 Å². The fourth-order valence-corrected chi connectivity index (χ4v) is 4.23. The number of hydrogen-bond acceptors (Lipinski definition) is 5. The van der Waals surface area contributed by atoms with Gasteiger partial charge in [0.25, 0.3) is 0 Å². The van der Waals surface area contributed by atoms with Gasteiger partial charge in [0.1, 0.15) is 5.75 Å². The molecule has 0 bridgehead atoms. The molecule has 0 radical (unpaired) electrons. The Morgan fingerprint density at radius 1 is 0.909 bits per heavy atom. The molecule has 0 aromatic heterocycles. The van der Waals surface area contributed by atoms with Gasteiger partial charge >= 0.3 is 10.1 Å². The van der Waals surface area contributed by atoms with E-state index in [0.29, 0.717) is 26.1 Å². The number of rotatable bonds is 20. The van der Waals surface area contributed by atoms with Crippen molar-refractivity contribution >= 4 is 16.0 Å². The summed E-state index contributed by atoms with van der Waals surface area (Å²) in [5.74, 6) is 0.295. The smallest absolute Gasteiger partial charge is 0.308 e. The summed E-state index contributed by atoms with van der Waals surface area (Å²) in [4.78, 5) is 14.6. The number of carbonyl (C=O) groups excluding carboxylic acids is 1. The zero-order valence-electron chi connectivity index (χ0n) is 21.0. The van der Waals surface area contributed by atoms with E-state index in [1.807, 2.05) is 6.07 Å². The average molecular weight is 484 g/mol. The second-order valence-electron chi connectivity index (χ2n) is 8.67. The molecule has 1 aromatic rings. The predicted octanol–water partition coefficient (Wildman–Crippen LogP) is 6.09. The summed E-state index contributed by atoms with van der Waals surface area (Å²) in [6.45, 7) is 5.16. The van der Waals surface area contributed by atoms with Gasteiger partial charge in [-0.1, -0.05) is 83.3 Å². The van der Waals surface area contributed by atoms with Crippen LogP contribution in [-0.4, -0.2) is 45.2 Å². The van der Waals surface area contributed by atoms with E-state index in [1.165, 1.54) is 57.8 Å². The molecular formula is C26H45NO5S. The Balaban J connectivity index is 2.40. The number of hydrogen-bond donors (Lipinski definition) is 0. The second kappa shape index (κ2) is 17.8.